The number of halogens is 2. The average Bonchev–Trinajstić information content (AvgIpc) is 3.51. The maximum atomic E-state index is 14.4. The number of benzene rings is 2. The zero-order valence-electron chi connectivity index (χ0n) is 17.4. The van der Waals surface area contributed by atoms with E-state index in [9.17, 15) is 22.0 Å². The van der Waals surface area contributed by atoms with Crippen molar-refractivity contribution >= 4 is 15.9 Å². The van der Waals surface area contributed by atoms with Crippen LogP contribution < -0.4 is 4.72 Å². The highest BCUT2D eigenvalue weighted by molar-refractivity contribution is 7.88. The SMILES string of the molecule is CS(=O)(=O)N[C@H]1CCCCN(C(=O)C2CC2c2ccccc2-c2c(F)cccc2F)C1. The van der Waals surface area contributed by atoms with Crippen LogP contribution in [0.1, 0.15) is 37.2 Å². The number of sulfonamides is 1. The maximum Gasteiger partial charge on any atom is 0.226 e. The smallest absolute Gasteiger partial charge is 0.226 e. The Balaban J connectivity index is 1.53. The van der Waals surface area contributed by atoms with Crippen molar-refractivity contribution in [3.8, 4) is 11.1 Å². The van der Waals surface area contributed by atoms with Crippen LogP contribution in [0.15, 0.2) is 42.5 Å². The molecule has 2 unspecified atom stereocenters. The normalized spacial score (nSPS) is 24.0. The Kier molecular flexibility index (Phi) is 6.12. The third-order valence-electron chi connectivity index (χ3n) is 6.06. The molecule has 2 fully saturated rings. The first-order valence-electron chi connectivity index (χ1n) is 10.5. The Bertz CT molecular complexity index is 1070. The van der Waals surface area contributed by atoms with Gasteiger partial charge in [-0.1, -0.05) is 36.8 Å². The topological polar surface area (TPSA) is 66.5 Å². The molecule has 1 amide bonds. The van der Waals surface area contributed by atoms with Crippen LogP contribution in [-0.2, 0) is 14.8 Å². The van der Waals surface area contributed by atoms with E-state index < -0.39 is 21.7 Å². The van der Waals surface area contributed by atoms with E-state index in [1.54, 1.807) is 17.0 Å². The Labute approximate surface area is 181 Å². The van der Waals surface area contributed by atoms with Crippen LogP contribution >= 0.6 is 0 Å². The summed E-state index contributed by atoms with van der Waals surface area (Å²) < 4.78 is 54.7. The summed E-state index contributed by atoms with van der Waals surface area (Å²) in [6.07, 6.45) is 4.11. The number of carbonyl (C=O) groups excluding carboxylic acids is 1. The van der Waals surface area contributed by atoms with E-state index in [1.807, 2.05) is 12.1 Å². The zero-order valence-corrected chi connectivity index (χ0v) is 18.2. The van der Waals surface area contributed by atoms with Crippen molar-refractivity contribution in [2.45, 2.75) is 37.6 Å². The summed E-state index contributed by atoms with van der Waals surface area (Å²) in [5.74, 6) is -1.63. The van der Waals surface area contributed by atoms with E-state index in [1.165, 1.54) is 18.2 Å². The largest absolute Gasteiger partial charge is 0.341 e. The Morgan fingerprint density at radius 1 is 1.06 bits per heavy atom. The van der Waals surface area contributed by atoms with Gasteiger partial charge in [-0.3, -0.25) is 4.79 Å². The van der Waals surface area contributed by atoms with Gasteiger partial charge in [-0.25, -0.2) is 21.9 Å². The minimum atomic E-state index is -3.35. The molecule has 2 aromatic carbocycles. The molecule has 2 aromatic rings. The quantitative estimate of drug-likeness (QED) is 0.759. The fourth-order valence-corrected chi connectivity index (χ4v) is 5.39. The van der Waals surface area contributed by atoms with E-state index in [4.69, 9.17) is 0 Å². The van der Waals surface area contributed by atoms with Crippen molar-refractivity contribution in [1.29, 1.82) is 0 Å². The first kappa shape index (κ1) is 21.9. The lowest BCUT2D eigenvalue weighted by molar-refractivity contribution is -0.132. The molecule has 4 rings (SSSR count). The number of nitrogens with zero attached hydrogens (tertiary/aromatic N) is 1. The molecule has 166 valence electrons. The van der Waals surface area contributed by atoms with Gasteiger partial charge in [0.05, 0.1) is 11.8 Å². The number of likely N-dealkylation sites (tertiary alicyclic amines) is 1. The molecule has 0 spiro atoms. The molecule has 2 aliphatic rings. The maximum absolute atomic E-state index is 14.4. The molecule has 0 bridgehead atoms. The fraction of sp³-hybridized carbons (Fsp3) is 0.435. The summed E-state index contributed by atoms with van der Waals surface area (Å²) in [6.45, 7) is 0.937. The first-order valence-corrected chi connectivity index (χ1v) is 12.4. The Morgan fingerprint density at radius 3 is 2.48 bits per heavy atom. The van der Waals surface area contributed by atoms with E-state index in [0.29, 0.717) is 31.5 Å². The second-order valence-electron chi connectivity index (χ2n) is 8.50. The number of rotatable bonds is 5. The van der Waals surface area contributed by atoms with Gasteiger partial charge in [-0.05, 0) is 48.4 Å². The molecule has 0 aromatic heterocycles. The standard InChI is InChI=1S/C23H26F2N2O3S/c1-31(29,30)26-15-7-4-5-12-27(14-15)23(28)19-13-18(19)16-8-2-3-9-17(16)22-20(24)10-6-11-21(22)25/h2-3,6,8-11,15,18-19,26H,4-5,7,12-14H2,1H3/t15-,18?,19?/m0/s1. The minimum Gasteiger partial charge on any atom is -0.341 e. The predicted molar refractivity (Wildman–Crippen MR) is 115 cm³/mol. The Morgan fingerprint density at radius 2 is 1.77 bits per heavy atom. The molecular formula is C23H26F2N2O3S. The van der Waals surface area contributed by atoms with Crippen LogP contribution in [0, 0.1) is 17.6 Å². The Hall–Kier alpha value is -2.32. The van der Waals surface area contributed by atoms with Crippen molar-refractivity contribution in [3.05, 3.63) is 59.7 Å². The lowest BCUT2D eigenvalue weighted by Gasteiger charge is -2.25. The van der Waals surface area contributed by atoms with Gasteiger partial charge in [0, 0.05) is 25.0 Å². The van der Waals surface area contributed by atoms with Crippen molar-refractivity contribution < 1.29 is 22.0 Å². The fourth-order valence-electron chi connectivity index (χ4n) is 4.59. The zero-order chi connectivity index (χ0) is 22.2. The molecule has 8 heteroatoms. The third-order valence-corrected chi connectivity index (χ3v) is 6.83. The second kappa shape index (κ2) is 8.67. The average molecular weight is 449 g/mol. The number of hydrogen-bond acceptors (Lipinski definition) is 3. The lowest BCUT2D eigenvalue weighted by Crippen LogP contribution is -2.44. The van der Waals surface area contributed by atoms with Crippen LogP contribution in [0.25, 0.3) is 11.1 Å². The molecule has 1 aliphatic heterocycles. The van der Waals surface area contributed by atoms with Crippen LogP contribution in [0.5, 0.6) is 0 Å². The van der Waals surface area contributed by atoms with Crippen molar-refractivity contribution in [2.24, 2.45) is 5.92 Å². The van der Waals surface area contributed by atoms with Crippen LogP contribution in [0.2, 0.25) is 0 Å². The summed E-state index contributed by atoms with van der Waals surface area (Å²) in [5, 5.41) is 0. The van der Waals surface area contributed by atoms with Crippen molar-refractivity contribution in [1.82, 2.24) is 9.62 Å². The molecule has 1 saturated carbocycles. The molecule has 1 N–H and O–H groups in total. The predicted octanol–water partition coefficient (Wildman–Crippen LogP) is 3.67. The minimum absolute atomic E-state index is 0.0176. The van der Waals surface area contributed by atoms with Gasteiger partial charge in [0.25, 0.3) is 0 Å². The van der Waals surface area contributed by atoms with E-state index >= 15 is 0 Å². The first-order chi connectivity index (χ1) is 14.7. The molecule has 5 nitrogen and oxygen atoms in total. The number of carbonyl (C=O) groups is 1. The second-order valence-corrected chi connectivity index (χ2v) is 10.3. The number of nitrogens with one attached hydrogen (secondary N) is 1. The summed E-state index contributed by atoms with van der Waals surface area (Å²) in [7, 11) is -3.35. The third kappa shape index (κ3) is 4.96. The highest BCUT2D eigenvalue weighted by Gasteiger charge is 2.47. The summed E-state index contributed by atoms with van der Waals surface area (Å²) in [6, 6.07) is 10.6. The van der Waals surface area contributed by atoms with Gasteiger partial charge in [-0.15, -0.1) is 0 Å². The lowest BCUT2D eigenvalue weighted by atomic mass is 9.95. The summed E-state index contributed by atoms with van der Waals surface area (Å²) in [4.78, 5) is 14.9. The number of amides is 1. The van der Waals surface area contributed by atoms with Gasteiger partial charge >= 0.3 is 0 Å². The van der Waals surface area contributed by atoms with Gasteiger partial charge in [0.1, 0.15) is 11.6 Å². The van der Waals surface area contributed by atoms with E-state index in [0.717, 1.165) is 24.7 Å². The summed E-state index contributed by atoms with van der Waals surface area (Å²) >= 11 is 0. The molecule has 1 aliphatic carbocycles. The van der Waals surface area contributed by atoms with Crippen LogP contribution in [0.3, 0.4) is 0 Å². The molecule has 0 radical (unpaired) electrons. The monoisotopic (exact) mass is 448 g/mol. The van der Waals surface area contributed by atoms with Gasteiger partial charge in [0.15, 0.2) is 0 Å². The molecule has 1 saturated heterocycles. The van der Waals surface area contributed by atoms with Gasteiger partial charge in [-0.2, -0.15) is 0 Å². The molecule has 31 heavy (non-hydrogen) atoms. The highest BCUT2D eigenvalue weighted by Crippen LogP contribution is 2.51. The summed E-state index contributed by atoms with van der Waals surface area (Å²) in [5.41, 5.74) is 1.18. The molecule has 3 atom stereocenters. The number of hydrogen-bond donors (Lipinski definition) is 1. The van der Waals surface area contributed by atoms with Gasteiger partial charge < -0.3 is 4.90 Å². The molecule has 1 heterocycles. The van der Waals surface area contributed by atoms with Crippen LogP contribution in [-0.4, -0.2) is 44.6 Å². The van der Waals surface area contributed by atoms with E-state index in [-0.39, 0.29) is 29.3 Å². The van der Waals surface area contributed by atoms with E-state index in [2.05, 4.69) is 4.72 Å². The molecular weight excluding hydrogens is 422 g/mol. The van der Waals surface area contributed by atoms with Gasteiger partial charge in [0.2, 0.25) is 15.9 Å². The van der Waals surface area contributed by atoms with Crippen molar-refractivity contribution in [3.63, 3.8) is 0 Å². The van der Waals surface area contributed by atoms with Crippen molar-refractivity contribution in [2.75, 3.05) is 19.3 Å². The highest BCUT2D eigenvalue weighted by atomic mass is 32.2. The van der Waals surface area contributed by atoms with Crippen LogP contribution in [0.4, 0.5) is 8.78 Å².